The van der Waals surface area contributed by atoms with Crippen LogP contribution in [0.3, 0.4) is 0 Å². The number of rotatable bonds is 1. The van der Waals surface area contributed by atoms with E-state index < -0.39 is 36.2 Å². The van der Waals surface area contributed by atoms with E-state index in [9.17, 15) is 18.0 Å². The van der Waals surface area contributed by atoms with Crippen LogP contribution in [0.25, 0.3) is 0 Å². The van der Waals surface area contributed by atoms with Crippen LogP contribution in [0.4, 0.5) is 13.2 Å². The van der Waals surface area contributed by atoms with Gasteiger partial charge in [0.05, 0.1) is 24.0 Å². The smallest absolute Gasteiger partial charge is 0.395 e. The van der Waals surface area contributed by atoms with Crippen molar-refractivity contribution < 1.29 is 27.8 Å². The summed E-state index contributed by atoms with van der Waals surface area (Å²) in [5.74, 6) is -4.63. The Morgan fingerprint density at radius 3 is 2.29 bits per heavy atom. The first-order valence-corrected chi connectivity index (χ1v) is 4.36. The van der Waals surface area contributed by atoms with Gasteiger partial charge in [0, 0.05) is 0 Å². The maximum absolute atomic E-state index is 12.5. The third-order valence-corrected chi connectivity index (χ3v) is 2.94. The second-order valence-corrected chi connectivity index (χ2v) is 3.72. The van der Waals surface area contributed by atoms with Crippen molar-refractivity contribution in [3.05, 3.63) is 0 Å². The third-order valence-electron chi connectivity index (χ3n) is 2.94. The zero-order chi connectivity index (χ0) is 10.5. The Hall–Kier alpha value is -0.780. The van der Waals surface area contributed by atoms with Gasteiger partial charge in [0.1, 0.15) is 0 Å². The molecule has 1 N–H and O–H groups in total. The summed E-state index contributed by atoms with van der Waals surface area (Å²) >= 11 is 0. The number of carboxylic acid groups (broad SMARTS) is 1. The highest BCUT2D eigenvalue weighted by molar-refractivity contribution is 5.72. The Kier molecular flexibility index (Phi) is 1.99. The number of carbonyl (C=O) groups is 1. The van der Waals surface area contributed by atoms with Crippen molar-refractivity contribution >= 4 is 5.97 Å². The van der Waals surface area contributed by atoms with Gasteiger partial charge in [0.25, 0.3) is 0 Å². The largest absolute Gasteiger partial charge is 0.481 e. The second-order valence-electron chi connectivity index (χ2n) is 3.72. The molecule has 0 unspecified atom stereocenters. The number of carboxylic acids is 1. The number of fused-ring (bicyclic) bond motifs is 2. The van der Waals surface area contributed by atoms with Crippen molar-refractivity contribution in [3.8, 4) is 0 Å². The topological polar surface area (TPSA) is 46.5 Å². The Balaban J connectivity index is 2.26. The first-order valence-electron chi connectivity index (χ1n) is 4.36. The van der Waals surface area contributed by atoms with Crippen LogP contribution in [0.2, 0.25) is 0 Å². The number of hydrogen-bond donors (Lipinski definition) is 1. The molecule has 2 rings (SSSR count). The molecule has 0 spiro atoms. The van der Waals surface area contributed by atoms with Crippen LogP contribution < -0.4 is 0 Å². The number of aliphatic carboxylic acids is 1. The molecular weight excluding hydrogens is 201 g/mol. The van der Waals surface area contributed by atoms with Gasteiger partial charge < -0.3 is 9.84 Å². The summed E-state index contributed by atoms with van der Waals surface area (Å²) in [7, 11) is 0. The van der Waals surface area contributed by atoms with Gasteiger partial charge in [-0.2, -0.15) is 13.2 Å². The van der Waals surface area contributed by atoms with E-state index in [1.165, 1.54) is 0 Å². The van der Waals surface area contributed by atoms with Crippen LogP contribution in [0.5, 0.6) is 0 Å². The molecule has 80 valence electrons. The molecule has 2 saturated heterocycles. The van der Waals surface area contributed by atoms with Crippen molar-refractivity contribution in [3.63, 3.8) is 0 Å². The van der Waals surface area contributed by atoms with Gasteiger partial charge in [-0.15, -0.1) is 0 Å². The zero-order valence-corrected chi connectivity index (χ0v) is 7.12. The van der Waals surface area contributed by atoms with E-state index in [1.54, 1.807) is 0 Å². The fourth-order valence-electron chi connectivity index (χ4n) is 2.41. The Labute approximate surface area is 77.8 Å². The van der Waals surface area contributed by atoms with Crippen LogP contribution in [0, 0.1) is 11.8 Å². The van der Waals surface area contributed by atoms with Crippen molar-refractivity contribution in [2.24, 2.45) is 11.8 Å². The first-order chi connectivity index (χ1) is 6.41. The van der Waals surface area contributed by atoms with E-state index in [1.807, 2.05) is 0 Å². The summed E-state index contributed by atoms with van der Waals surface area (Å²) in [6.07, 6.45) is -5.42. The predicted octanol–water partition coefficient (Wildman–Crippen LogP) is 1.43. The van der Waals surface area contributed by atoms with Gasteiger partial charge in [-0.1, -0.05) is 0 Å². The highest BCUT2D eigenvalue weighted by atomic mass is 19.4. The minimum Gasteiger partial charge on any atom is -0.481 e. The lowest BCUT2D eigenvalue weighted by molar-refractivity contribution is -0.201. The highest BCUT2D eigenvalue weighted by Gasteiger charge is 2.62. The Morgan fingerprint density at radius 1 is 1.29 bits per heavy atom. The molecule has 0 radical (unpaired) electrons. The van der Waals surface area contributed by atoms with Gasteiger partial charge in [0.2, 0.25) is 0 Å². The molecule has 4 atom stereocenters. The lowest BCUT2D eigenvalue weighted by Gasteiger charge is -2.26. The number of alkyl halides is 3. The molecule has 2 aliphatic heterocycles. The molecule has 6 heteroatoms. The summed E-state index contributed by atoms with van der Waals surface area (Å²) < 4.78 is 42.4. The van der Waals surface area contributed by atoms with Crippen molar-refractivity contribution in [1.82, 2.24) is 0 Å². The van der Waals surface area contributed by atoms with E-state index in [2.05, 4.69) is 0 Å². The molecule has 0 saturated carbocycles. The third kappa shape index (κ3) is 1.28. The van der Waals surface area contributed by atoms with Gasteiger partial charge in [-0.05, 0) is 12.8 Å². The number of ether oxygens (including phenoxy) is 1. The maximum Gasteiger partial charge on any atom is 0.395 e. The lowest BCUT2D eigenvalue weighted by Crippen LogP contribution is -2.42. The molecule has 2 fully saturated rings. The lowest BCUT2D eigenvalue weighted by atomic mass is 9.79. The van der Waals surface area contributed by atoms with Crippen LogP contribution in [0.15, 0.2) is 0 Å². The summed E-state index contributed by atoms with van der Waals surface area (Å²) in [6.45, 7) is 0. The number of halogens is 3. The summed E-state index contributed by atoms with van der Waals surface area (Å²) in [5.41, 5.74) is 0. The SMILES string of the molecule is O=C(O)[C@H]1[C@@H](C(F)(F)F)[C@@H]2CC[C@H]1O2. The van der Waals surface area contributed by atoms with E-state index >= 15 is 0 Å². The molecule has 2 heterocycles. The van der Waals surface area contributed by atoms with Crippen molar-refractivity contribution in [2.45, 2.75) is 31.2 Å². The monoisotopic (exact) mass is 210 g/mol. The fraction of sp³-hybridized carbons (Fsp3) is 0.875. The molecule has 0 amide bonds. The van der Waals surface area contributed by atoms with Gasteiger partial charge in [-0.3, -0.25) is 4.79 Å². The number of hydrogen-bond acceptors (Lipinski definition) is 2. The molecular formula is C8H9F3O3. The van der Waals surface area contributed by atoms with Crippen molar-refractivity contribution in [2.75, 3.05) is 0 Å². The standard InChI is InChI=1S/C8H9F3O3/c9-8(10,11)6-4-2-1-3(14-4)5(6)7(12)13/h3-6H,1-2H2,(H,12,13)/t3-,4+,5-,6+/m1/s1. The normalized spacial score (nSPS) is 41.6. The maximum atomic E-state index is 12.5. The van der Waals surface area contributed by atoms with Crippen LogP contribution in [-0.4, -0.2) is 29.5 Å². The highest BCUT2D eigenvalue weighted by Crippen LogP contribution is 2.50. The predicted molar refractivity (Wildman–Crippen MR) is 38.6 cm³/mol. The molecule has 0 aromatic rings. The van der Waals surface area contributed by atoms with Gasteiger partial charge >= 0.3 is 12.1 Å². The Bertz CT molecular complexity index is 263. The Morgan fingerprint density at radius 2 is 1.86 bits per heavy atom. The van der Waals surface area contributed by atoms with Gasteiger partial charge in [-0.25, -0.2) is 0 Å². The molecule has 0 aromatic carbocycles. The first kappa shape index (κ1) is 9.76. The molecule has 0 aromatic heterocycles. The minimum absolute atomic E-state index is 0.318. The van der Waals surface area contributed by atoms with E-state index in [0.29, 0.717) is 12.8 Å². The minimum atomic E-state index is -4.47. The molecule has 2 bridgehead atoms. The average Bonchev–Trinajstić information content (AvgIpc) is 2.58. The zero-order valence-electron chi connectivity index (χ0n) is 7.12. The summed E-state index contributed by atoms with van der Waals surface area (Å²) in [4.78, 5) is 10.7. The molecule has 14 heavy (non-hydrogen) atoms. The quantitative estimate of drug-likeness (QED) is 0.712. The summed E-state index contributed by atoms with van der Waals surface area (Å²) in [5, 5.41) is 8.69. The van der Waals surface area contributed by atoms with E-state index in [-0.39, 0.29) is 0 Å². The fourth-order valence-corrected chi connectivity index (χ4v) is 2.41. The van der Waals surface area contributed by atoms with Gasteiger partial charge in [0.15, 0.2) is 0 Å². The second kappa shape index (κ2) is 2.85. The molecule has 0 aliphatic carbocycles. The van der Waals surface area contributed by atoms with E-state index in [4.69, 9.17) is 9.84 Å². The van der Waals surface area contributed by atoms with E-state index in [0.717, 1.165) is 0 Å². The van der Waals surface area contributed by atoms with Crippen LogP contribution >= 0.6 is 0 Å². The van der Waals surface area contributed by atoms with Crippen LogP contribution in [-0.2, 0) is 9.53 Å². The van der Waals surface area contributed by atoms with Crippen LogP contribution in [0.1, 0.15) is 12.8 Å². The molecule has 2 aliphatic rings. The van der Waals surface area contributed by atoms with Crippen molar-refractivity contribution in [1.29, 1.82) is 0 Å². The average molecular weight is 210 g/mol. The summed E-state index contributed by atoms with van der Waals surface area (Å²) in [6, 6.07) is 0. The molecule has 3 nitrogen and oxygen atoms in total.